The summed E-state index contributed by atoms with van der Waals surface area (Å²) in [6, 6.07) is 1.44. The maximum Gasteiger partial charge on any atom is 0.308 e. The van der Waals surface area contributed by atoms with Crippen LogP contribution in [0.4, 0.5) is 5.95 Å². The van der Waals surface area contributed by atoms with Crippen LogP contribution in [0.25, 0.3) is 0 Å². The smallest absolute Gasteiger partial charge is 0.308 e. The van der Waals surface area contributed by atoms with Crippen molar-refractivity contribution in [2.24, 2.45) is 13.0 Å². The van der Waals surface area contributed by atoms with Crippen LogP contribution in [0, 0.1) is 5.92 Å². The van der Waals surface area contributed by atoms with Gasteiger partial charge in [-0.3, -0.25) is 14.2 Å². The molecular formula is C13H19N3O4. The largest absolute Gasteiger partial charge is 0.481 e. The van der Waals surface area contributed by atoms with Gasteiger partial charge in [0.25, 0.3) is 5.56 Å². The molecule has 0 spiro atoms. The van der Waals surface area contributed by atoms with E-state index in [9.17, 15) is 9.59 Å². The van der Waals surface area contributed by atoms with Crippen LogP contribution in [0.2, 0.25) is 0 Å². The van der Waals surface area contributed by atoms with E-state index in [1.165, 1.54) is 10.6 Å². The van der Waals surface area contributed by atoms with E-state index >= 15 is 0 Å². The van der Waals surface area contributed by atoms with Crippen molar-refractivity contribution in [2.75, 3.05) is 25.1 Å². The van der Waals surface area contributed by atoms with E-state index in [0.29, 0.717) is 31.2 Å². The van der Waals surface area contributed by atoms with Gasteiger partial charge in [-0.25, -0.2) is 4.98 Å². The van der Waals surface area contributed by atoms with Crippen molar-refractivity contribution in [1.29, 1.82) is 0 Å². The number of hydrogen-bond acceptors (Lipinski definition) is 5. The summed E-state index contributed by atoms with van der Waals surface area (Å²) in [5, 5.41) is 9.13. The summed E-state index contributed by atoms with van der Waals surface area (Å²) in [6.07, 6.45) is 1.44. The number of nitrogens with zero attached hydrogens (tertiary/aromatic N) is 3. The number of aliphatic carboxylic acids is 1. The minimum absolute atomic E-state index is 0.167. The predicted molar refractivity (Wildman–Crippen MR) is 72.8 cm³/mol. The zero-order chi connectivity index (χ0) is 14.7. The summed E-state index contributed by atoms with van der Waals surface area (Å²) in [5.41, 5.74) is 0.391. The van der Waals surface area contributed by atoms with Gasteiger partial charge in [0.1, 0.15) is 0 Å². The average Bonchev–Trinajstić information content (AvgIpc) is 2.43. The van der Waals surface area contributed by atoms with Crippen molar-refractivity contribution in [3.63, 3.8) is 0 Å². The summed E-state index contributed by atoms with van der Waals surface area (Å²) in [5.74, 6) is -0.699. The molecule has 2 heterocycles. The first-order chi connectivity index (χ1) is 9.52. The van der Waals surface area contributed by atoms with Crippen LogP contribution in [-0.4, -0.2) is 40.8 Å². The van der Waals surface area contributed by atoms with Gasteiger partial charge in [-0.05, 0) is 12.8 Å². The molecule has 1 N–H and O–H groups in total. The number of methoxy groups -OCH3 is 1. The number of carboxylic acid groups (broad SMARTS) is 1. The SMILES string of the molecule is COCc1cc(=O)n(C)c(N2CCC[C@@H](C(=O)O)C2)n1. The zero-order valence-electron chi connectivity index (χ0n) is 11.7. The van der Waals surface area contributed by atoms with Crippen molar-refractivity contribution >= 4 is 11.9 Å². The van der Waals surface area contributed by atoms with Crippen LogP contribution in [0.5, 0.6) is 0 Å². The van der Waals surface area contributed by atoms with Crippen molar-refractivity contribution in [2.45, 2.75) is 19.4 Å². The molecule has 0 unspecified atom stereocenters. The fourth-order valence-corrected chi connectivity index (χ4v) is 2.44. The molecule has 20 heavy (non-hydrogen) atoms. The third kappa shape index (κ3) is 2.98. The van der Waals surface area contributed by atoms with Gasteiger partial charge in [0.05, 0.1) is 18.2 Å². The summed E-state index contributed by atoms with van der Waals surface area (Å²) < 4.78 is 6.45. The van der Waals surface area contributed by atoms with Gasteiger partial charge >= 0.3 is 5.97 Å². The van der Waals surface area contributed by atoms with Crippen molar-refractivity contribution in [3.8, 4) is 0 Å². The number of ether oxygens (including phenoxy) is 1. The van der Waals surface area contributed by atoms with Gasteiger partial charge in [-0.1, -0.05) is 0 Å². The highest BCUT2D eigenvalue weighted by Crippen LogP contribution is 2.21. The molecule has 7 heteroatoms. The maximum atomic E-state index is 11.9. The standard InChI is InChI=1S/C13H19N3O4/c1-15-11(17)6-10(8-20-2)14-13(15)16-5-3-4-9(7-16)12(18)19/h6,9H,3-5,7-8H2,1-2H3,(H,18,19)/t9-/m1/s1. The number of aromatic nitrogens is 2. The predicted octanol–water partition coefficient (Wildman–Crippen LogP) is 0.228. The highest BCUT2D eigenvalue weighted by atomic mass is 16.5. The third-order valence-corrected chi connectivity index (χ3v) is 3.51. The topological polar surface area (TPSA) is 84.7 Å². The molecule has 0 aromatic carbocycles. The minimum atomic E-state index is -0.798. The maximum absolute atomic E-state index is 11.9. The summed E-state index contributed by atoms with van der Waals surface area (Å²) >= 11 is 0. The van der Waals surface area contributed by atoms with Crippen LogP contribution in [-0.2, 0) is 23.2 Å². The second-order valence-corrected chi connectivity index (χ2v) is 5.00. The molecule has 1 aromatic rings. The lowest BCUT2D eigenvalue weighted by Gasteiger charge is -2.32. The fourth-order valence-electron chi connectivity index (χ4n) is 2.44. The molecule has 0 aliphatic carbocycles. The number of carboxylic acids is 1. The van der Waals surface area contributed by atoms with E-state index < -0.39 is 11.9 Å². The lowest BCUT2D eigenvalue weighted by atomic mass is 9.99. The Balaban J connectivity index is 2.31. The van der Waals surface area contributed by atoms with Gasteiger partial charge in [-0.15, -0.1) is 0 Å². The summed E-state index contributed by atoms with van der Waals surface area (Å²) in [6.45, 7) is 1.35. The van der Waals surface area contributed by atoms with Gasteiger partial charge in [-0.2, -0.15) is 0 Å². The van der Waals surface area contributed by atoms with Crippen molar-refractivity contribution in [3.05, 3.63) is 22.1 Å². The van der Waals surface area contributed by atoms with E-state index in [0.717, 1.165) is 6.42 Å². The monoisotopic (exact) mass is 281 g/mol. The number of hydrogen-bond donors (Lipinski definition) is 1. The summed E-state index contributed by atoms with van der Waals surface area (Å²) in [4.78, 5) is 29.3. The molecule has 0 amide bonds. The molecule has 1 fully saturated rings. The van der Waals surface area contributed by atoms with Gasteiger partial charge in [0.15, 0.2) is 0 Å². The first-order valence-corrected chi connectivity index (χ1v) is 6.56. The third-order valence-electron chi connectivity index (χ3n) is 3.51. The Hall–Kier alpha value is -1.89. The molecule has 0 radical (unpaired) electrons. The molecular weight excluding hydrogens is 262 g/mol. The Labute approximate surface area is 116 Å². The molecule has 1 aliphatic heterocycles. The molecule has 2 rings (SSSR count). The quantitative estimate of drug-likeness (QED) is 0.850. The molecule has 1 saturated heterocycles. The second kappa shape index (κ2) is 6.04. The van der Waals surface area contributed by atoms with Gasteiger partial charge < -0.3 is 14.7 Å². The fraction of sp³-hybridized carbons (Fsp3) is 0.615. The van der Waals surface area contributed by atoms with E-state index in [1.54, 1.807) is 14.2 Å². The molecule has 0 bridgehead atoms. The van der Waals surface area contributed by atoms with Gasteiger partial charge in [0, 0.05) is 33.3 Å². The first-order valence-electron chi connectivity index (χ1n) is 6.56. The van der Waals surface area contributed by atoms with E-state index in [-0.39, 0.29) is 12.2 Å². The molecule has 7 nitrogen and oxygen atoms in total. The van der Waals surface area contributed by atoms with E-state index in [1.807, 2.05) is 4.90 Å². The molecule has 1 aromatic heterocycles. The summed E-state index contributed by atoms with van der Waals surface area (Å²) in [7, 11) is 3.19. The Bertz CT molecular complexity index is 555. The number of anilines is 1. The number of rotatable bonds is 4. The Kier molecular flexibility index (Phi) is 4.39. The Morgan fingerprint density at radius 2 is 2.35 bits per heavy atom. The van der Waals surface area contributed by atoms with Crippen LogP contribution in [0.1, 0.15) is 18.5 Å². The van der Waals surface area contributed by atoms with Gasteiger partial charge in [0.2, 0.25) is 5.95 Å². The van der Waals surface area contributed by atoms with Crippen molar-refractivity contribution < 1.29 is 14.6 Å². The number of piperidine rings is 1. The minimum Gasteiger partial charge on any atom is -0.481 e. The normalized spacial score (nSPS) is 19.1. The molecule has 0 saturated carbocycles. The first kappa shape index (κ1) is 14.5. The van der Waals surface area contributed by atoms with E-state index in [4.69, 9.17) is 9.84 Å². The Morgan fingerprint density at radius 3 is 3.00 bits per heavy atom. The molecule has 110 valence electrons. The number of carbonyl (C=O) groups is 1. The second-order valence-electron chi connectivity index (χ2n) is 5.00. The van der Waals surface area contributed by atoms with Crippen LogP contribution < -0.4 is 10.5 Å². The molecule has 1 aliphatic rings. The van der Waals surface area contributed by atoms with E-state index in [2.05, 4.69) is 4.98 Å². The highest BCUT2D eigenvalue weighted by Gasteiger charge is 2.27. The average molecular weight is 281 g/mol. The highest BCUT2D eigenvalue weighted by molar-refractivity contribution is 5.71. The van der Waals surface area contributed by atoms with Crippen LogP contribution >= 0.6 is 0 Å². The Morgan fingerprint density at radius 1 is 1.60 bits per heavy atom. The van der Waals surface area contributed by atoms with Crippen LogP contribution in [0.3, 0.4) is 0 Å². The lowest BCUT2D eigenvalue weighted by Crippen LogP contribution is -2.42. The van der Waals surface area contributed by atoms with Crippen molar-refractivity contribution in [1.82, 2.24) is 9.55 Å². The lowest BCUT2D eigenvalue weighted by molar-refractivity contribution is -0.141. The molecule has 1 atom stereocenters. The zero-order valence-corrected chi connectivity index (χ0v) is 11.7. The van der Waals surface area contributed by atoms with Crippen LogP contribution in [0.15, 0.2) is 10.9 Å².